The normalized spacial score (nSPS) is 32.5. The van der Waals surface area contributed by atoms with Gasteiger partial charge in [-0.3, -0.25) is 9.69 Å². The van der Waals surface area contributed by atoms with Gasteiger partial charge in [0, 0.05) is 6.04 Å². The Morgan fingerprint density at radius 2 is 1.94 bits per heavy atom. The molecule has 0 bridgehead atoms. The second-order valence-electron chi connectivity index (χ2n) is 5.68. The molecule has 1 heterocycles. The van der Waals surface area contributed by atoms with Crippen molar-refractivity contribution in [2.45, 2.75) is 70.4 Å². The van der Waals surface area contributed by atoms with Crippen molar-refractivity contribution >= 4 is 5.97 Å². The summed E-state index contributed by atoms with van der Waals surface area (Å²) in [6, 6.07) is 0.333. The lowest BCUT2D eigenvalue weighted by molar-refractivity contribution is -0.147. The Kier molecular flexibility index (Phi) is 4.43. The monoisotopic (exact) mass is 239 g/mol. The molecule has 0 aromatic carbocycles. The van der Waals surface area contributed by atoms with Gasteiger partial charge in [0.2, 0.25) is 0 Å². The molecular weight excluding hydrogens is 214 g/mol. The summed E-state index contributed by atoms with van der Waals surface area (Å²) >= 11 is 0. The van der Waals surface area contributed by atoms with Crippen molar-refractivity contribution in [2.24, 2.45) is 5.92 Å². The van der Waals surface area contributed by atoms with E-state index in [4.69, 9.17) is 0 Å². The zero-order valence-electron chi connectivity index (χ0n) is 10.9. The molecule has 0 aromatic heterocycles. The molecule has 2 atom stereocenters. The fourth-order valence-electron chi connectivity index (χ4n) is 3.52. The van der Waals surface area contributed by atoms with E-state index >= 15 is 0 Å². The highest BCUT2D eigenvalue weighted by atomic mass is 16.4. The summed E-state index contributed by atoms with van der Waals surface area (Å²) in [5.74, 6) is 0.0182. The first kappa shape index (κ1) is 12.9. The molecule has 98 valence electrons. The zero-order chi connectivity index (χ0) is 12.3. The number of piperidine rings is 1. The van der Waals surface area contributed by atoms with E-state index < -0.39 is 5.97 Å². The Morgan fingerprint density at radius 1 is 1.24 bits per heavy atom. The SMILES string of the molecule is CCC1CCN(C2CCCCC2)C(C(=O)O)C1. The minimum Gasteiger partial charge on any atom is -0.480 e. The quantitative estimate of drug-likeness (QED) is 0.823. The van der Waals surface area contributed by atoms with Crippen molar-refractivity contribution in [2.75, 3.05) is 6.54 Å². The average Bonchev–Trinajstić information content (AvgIpc) is 2.39. The van der Waals surface area contributed by atoms with Crippen LogP contribution in [0.4, 0.5) is 0 Å². The van der Waals surface area contributed by atoms with Gasteiger partial charge in [0.15, 0.2) is 0 Å². The number of rotatable bonds is 3. The molecule has 0 amide bonds. The molecule has 1 saturated carbocycles. The highest BCUT2D eigenvalue weighted by molar-refractivity contribution is 5.73. The van der Waals surface area contributed by atoms with Crippen molar-refractivity contribution in [3.8, 4) is 0 Å². The van der Waals surface area contributed by atoms with E-state index in [-0.39, 0.29) is 6.04 Å². The number of carboxylic acids is 1. The van der Waals surface area contributed by atoms with Gasteiger partial charge in [-0.05, 0) is 38.1 Å². The van der Waals surface area contributed by atoms with Crippen LogP contribution in [0.3, 0.4) is 0 Å². The minimum absolute atomic E-state index is 0.211. The van der Waals surface area contributed by atoms with Gasteiger partial charge in [-0.25, -0.2) is 0 Å². The topological polar surface area (TPSA) is 40.5 Å². The van der Waals surface area contributed by atoms with Gasteiger partial charge in [0.1, 0.15) is 6.04 Å². The Balaban J connectivity index is 2.01. The van der Waals surface area contributed by atoms with E-state index in [0.29, 0.717) is 12.0 Å². The summed E-state index contributed by atoms with van der Waals surface area (Å²) in [6.45, 7) is 3.18. The number of carboxylic acid groups (broad SMARTS) is 1. The van der Waals surface area contributed by atoms with Gasteiger partial charge in [-0.15, -0.1) is 0 Å². The molecule has 1 aliphatic heterocycles. The maximum absolute atomic E-state index is 11.4. The Labute approximate surface area is 104 Å². The van der Waals surface area contributed by atoms with Crippen molar-refractivity contribution in [1.82, 2.24) is 4.90 Å². The maximum atomic E-state index is 11.4. The molecule has 17 heavy (non-hydrogen) atoms. The van der Waals surface area contributed by atoms with Crippen LogP contribution in [0.5, 0.6) is 0 Å². The Hall–Kier alpha value is -0.570. The summed E-state index contributed by atoms with van der Waals surface area (Å²) in [5.41, 5.74) is 0. The van der Waals surface area contributed by atoms with Crippen LogP contribution in [0.15, 0.2) is 0 Å². The van der Waals surface area contributed by atoms with E-state index in [1.54, 1.807) is 0 Å². The fourth-order valence-corrected chi connectivity index (χ4v) is 3.52. The van der Waals surface area contributed by atoms with Crippen LogP contribution in [0.1, 0.15) is 58.3 Å². The third kappa shape index (κ3) is 3.01. The number of likely N-dealkylation sites (tertiary alicyclic amines) is 1. The van der Waals surface area contributed by atoms with E-state index in [1.807, 2.05) is 0 Å². The van der Waals surface area contributed by atoms with Gasteiger partial charge >= 0.3 is 5.97 Å². The standard InChI is InChI=1S/C14H25NO2/c1-2-11-8-9-15(13(10-11)14(16)17)12-6-4-3-5-7-12/h11-13H,2-10H2,1H3,(H,16,17). The van der Waals surface area contributed by atoms with Gasteiger partial charge < -0.3 is 5.11 Å². The van der Waals surface area contributed by atoms with Crippen LogP contribution in [0.2, 0.25) is 0 Å². The van der Waals surface area contributed by atoms with Crippen LogP contribution in [0.25, 0.3) is 0 Å². The molecule has 1 N–H and O–H groups in total. The van der Waals surface area contributed by atoms with Gasteiger partial charge in [0.05, 0.1) is 0 Å². The molecule has 2 aliphatic rings. The van der Waals surface area contributed by atoms with Crippen LogP contribution >= 0.6 is 0 Å². The smallest absolute Gasteiger partial charge is 0.320 e. The van der Waals surface area contributed by atoms with E-state index in [0.717, 1.165) is 19.4 Å². The average molecular weight is 239 g/mol. The summed E-state index contributed by atoms with van der Waals surface area (Å²) < 4.78 is 0. The van der Waals surface area contributed by atoms with Gasteiger partial charge in [-0.2, -0.15) is 0 Å². The molecule has 1 saturated heterocycles. The molecule has 0 spiro atoms. The van der Waals surface area contributed by atoms with Gasteiger partial charge in [0.25, 0.3) is 0 Å². The predicted octanol–water partition coefficient (Wildman–Crippen LogP) is 2.89. The molecule has 2 fully saturated rings. The molecule has 2 rings (SSSR count). The van der Waals surface area contributed by atoms with E-state index in [2.05, 4.69) is 11.8 Å². The minimum atomic E-state index is -0.603. The van der Waals surface area contributed by atoms with E-state index in [1.165, 1.54) is 38.5 Å². The highest BCUT2D eigenvalue weighted by Gasteiger charge is 2.36. The lowest BCUT2D eigenvalue weighted by Gasteiger charge is -2.43. The maximum Gasteiger partial charge on any atom is 0.320 e. The van der Waals surface area contributed by atoms with Crippen LogP contribution in [0, 0.1) is 5.92 Å². The molecular formula is C14H25NO2. The lowest BCUT2D eigenvalue weighted by atomic mass is 9.85. The molecule has 2 unspecified atom stereocenters. The Morgan fingerprint density at radius 3 is 2.53 bits per heavy atom. The molecule has 0 aromatic rings. The molecule has 3 heteroatoms. The lowest BCUT2D eigenvalue weighted by Crippen LogP contribution is -2.52. The summed E-state index contributed by atoms with van der Waals surface area (Å²) in [7, 11) is 0. The number of carbonyl (C=O) groups is 1. The highest BCUT2D eigenvalue weighted by Crippen LogP contribution is 2.31. The molecule has 3 nitrogen and oxygen atoms in total. The summed E-state index contributed by atoms with van der Waals surface area (Å²) in [4.78, 5) is 13.7. The first-order valence-corrected chi connectivity index (χ1v) is 7.21. The summed E-state index contributed by atoms with van der Waals surface area (Å²) in [5, 5.41) is 9.41. The molecule has 0 radical (unpaired) electrons. The van der Waals surface area contributed by atoms with Gasteiger partial charge in [-0.1, -0.05) is 32.6 Å². The number of hydrogen-bond donors (Lipinski definition) is 1. The van der Waals surface area contributed by atoms with E-state index in [9.17, 15) is 9.90 Å². The predicted molar refractivity (Wildman–Crippen MR) is 68.0 cm³/mol. The largest absolute Gasteiger partial charge is 0.480 e. The number of nitrogens with zero attached hydrogens (tertiary/aromatic N) is 1. The van der Waals surface area contributed by atoms with Crippen molar-refractivity contribution < 1.29 is 9.90 Å². The van der Waals surface area contributed by atoms with Crippen LogP contribution < -0.4 is 0 Å². The van der Waals surface area contributed by atoms with Crippen molar-refractivity contribution in [3.63, 3.8) is 0 Å². The first-order valence-electron chi connectivity index (χ1n) is 7.21. The summed E-state index contributed by atoms with van der Waals surface area (Å²) in [6.07, 6.45) is 9.50. The van der Waals surface area contributed by atoms with Crippen LogP contribution in [-0.4, -0.2) is 34.6 Å². The Bertz CT molecular complexity index is 261. The second-order valence-corrected chi connectivity index (χ2v) is 5.68. The fraction of sp³-hybridized carbons (Fsp3) is 0.929. The molecule has 1 aliphatic carbocycles. The van der Waals surface area contributed by atoms with Crippen LogP contribution in [-0.2, 0) is 4.79 Å². The number of hydrogen-bond acceptors (Lipinski definition) is 2. The third-order valence-corrected chi connectivity index (χ3v) is 4.66. The number of aliphatic carboxylic acids is 1. The zero-order valence-corrected chi connectivity index (χ0v) is 10.9. The van der Waals surface area contributed by atoms with Crippen molar-refractivity contribution in [1.29, 1.82) is 0 Å². The second kappa shape index (κ2) is 5.85. The third-order valence-electron chi connectivity index (χ3n) is 4.66. The van der Waals surface area contributed by atoms with Crippen molar-refractivity contribution in [3.05, 3.63) is 0 Å². The first-order chi connectivity index (χ1) is 8.22.